The maximum Gasteiger partial charge on any atom is 0.303 e. The molecule has 45 heavy (non-hydrogen) atoms. The van der Waals surface area contributed by atoms with Crippen LogP contribution in [-0.2, 0) is 55.7 Å². The standard InChI is InChI=1S/C33H32N2O9S/c1-17(36)40-16-27-29(41-18(2)37)30(42-19(3)38)31(43-20(4)39)32(44-27)35-26-14-8-13-24(26)28(25(15-34)33(35)45)23-12-7-10-21-9-5-6-11-22(21)23/h5-7,9-12,27,29-32H,8,13-14,16H2,1-4H3/t27-,29+,30+,31-,32-/m1/s1. The first-order chi connectivity index (χ1) is 21.5. The smallest absolute Gasteiger partial charge is 0.303 e. The van der Waals surface area contributed by atoms with Gasteiger partial charge in [-0.2, -0.15) is 5.26 Å². The molecule has 2 aliphatic rings. The molecule has 2 aromatic carbocycles. The van der Waals surface area contributed by atoms with E-state index in [1.807, 2.05) is 42.5 Å². The third-order valence-electron chi connectivity index (χ3n) is 7.86. The molecular weight excluding hydrogens is 600 g/mol. The number of nitriles is 1. The predicted molar refractivity (Wildman–Crippen MR) is 162 cm³/mol. The minimum Gasteiger partial charge on any atom is -0.463 e. The van der Waals surface area contributed by atoms with E-state index < -0.39 is 54.5 Å². The van der Waals surface area contributed by atoms with E-state index in [4.69, 9.17) is 35.9 Å². The van der Waals surface area contributed by atoms with Crippen molar-refractivity contribution < 1.29 is 42.9 Å². The summed E-state index contributed by atoms with van der Waals surface area (Å²) in [5.41, 5.74) is 3.48. The zero-order valence-corrected chi connectivity index (χ0v) is 26.1. The van der Waals surface area contributed by atoms with Crippen LogP contribution in [0.2, 0.25) is 0 Å². The number of esters is 4. The van der Waals surface area contributed by atoms with Crippen molar-refractivity contribution in [3.63, 3.8) is 0 Å². The zero-order valence-electron chi connectivity index (χ0n) is 25.2. The molecule has 1 aliphatic carbocycles. The summed E-state index contributed by atoms with van der Waals surface area (Å²) in [4.78, 5) is 48.8. The largest absolute Gasteiger partial charge is 0.463 e. The van der Waals surface area contributed by atoms with Crippen molar-refractivity contribution in [2.75, 3.05) is 6.61 Å². The molecule has 0 radical (unpaired) electrons. The van der Waals surface area contributed by atoms with Gasteiger partial charge in [0.15, 0.2) is 24.5 Å². The second kappa shape index (κ2) is 13.2. The molecule has 0 unspecified atom stereocenters. The van der Waals surface area contributed by atoms with Crippen LogP contribution in [0.4, 0.5) is 0 Å². The van der Waals surface area contributed by atoms with Crippen molar-refractivity contribution in [2.45, 2.75) is 77.6 Å². The van der Waals surface area contributed by atoms with Crippen LogP contribution in [0.25, 0.3) is 21.9 Å². The number of hydrogen-bond donors (Lipinski definition) is 0. The lowest BCUT2D eigenvalue weighted by Crippen LogP contribution is -2.60. The topological polar surface area (TPSA) is 143 Å². The lowest BCUT2D eigenvalue weighted by Gasteiger charge is -2.45. The summed E-state index contributed by atoms with van der Waals surface area (Å²) in [6, 6.07) is 16.1. The molecule has 0 saturated carbocycles. The van der Waals surface area contributed by atoms with E-state index in [2.05, 4.69) is 6.07 Å². The Labute approximate surface area is 264 Å². The molecule has 234 valence electrons. The van der Waals surface area contributed by atoms with Gasteiger partial charge in [-0.3, -0.25) is 19.2 Å². The van der Waals surface area contributed by atoms with Gasteiger partial charge in [-0.1, -0.05) is 54.7 Å². The molecule has 1 saturated heterocycles. The van der Waals surface area contributed by atoms with Gasteiger partial charge < -0.3 is 28.3 Å². The molecule has 5 atom stereocenters. The molecule has 0 N–H and O–H groups in total. The van der Waals surface area contributed by atoms with Crippen LogP contribution in [0.5, 0.6) is 0 Å². The van der Waals surface area contributed by atoms with Crippen LogP contribution in [-0.4, -0.2) is 59.5 Å². The van der Waals surface area contributed by atoms with Gasteiger partial charge >= 0.3 is 23.9 Å². The molecule has 0 bridgehead atoms. The minimum absolute atomic E-state index is 0.127. The van der Waals surface area contributed by atoms with Gasteiger partial charge in [-0.15, -0.1) is 0 Å². The average Bonchev–Trinajstić information content (AvgIpc) is 3.46. The number of fused-ring (bicyclic) bond motifs is 2. The van der Waals surface area contributed by atoms with Gasteiger partial charge in [0.2, 0.25) is 0 Å². The van der Waals surface area contributed by atoms with Gasteiger partial charge in [0.1, 0.15) is 23.4 Å². The number of ether oxygens (including phenoxy) is 5. The third-order valence-corrected chi connectivity index (χ3v) is 8.26. The van der Waals surface area contributed by atoms with Crippen LogP contribution in [0.1, 0.15) is 57.2 Å². The number of rotatable bonds is 7. The van der Waals surface area contributed by atoms with Crippen molar-refractivity contribution in [1.82, 2.24) is 4.57 Å². The lowest BCUT2D eigenvalue weighted by molar-refractivity contribution is -0.269. The van der Waals surface area contributed by atoms with Crippen molar-refractivity contribution in [2.24, 2.45) is 0 Å². The summed E-state index contributed by atoms with van der Waals surface area (Å²) in [5, 5.41) is 12.5. The molecule has 0 amide bonds. The van der Waals surface area contributed by atoms with Crippen LogP contribution in [0.3, 0.4) is 0 Å². The Morgan fingerprint density at radius 2 is 1.53 bits per heavy atom. The summed E-state index contributed by atoms with van der Waals surface area (Å²) in [5.74, 6) is -2.80. The first-order valence-corrected chi connectivity index (χ1v) is 14.9. The van der Waals surface area contributed by atoms with Crippen molar-refractivity contribution in [3.05, 3.63) is 63.9 Å². The molecule has 1 fully saturated rings. The molecule has 3 aromatic rings. The van der Waals surface area contributed by atoms with Crippen molar-refractivity contribution in [3.8, 4) is 17.2 Å². The molecule has 1 aliphatic heterocycles. The van der Waals surface area contributed by atoms with Gasteiger partial charge in [-0.05, 0) is 41.2 Å². The second-order valence-corrected chi connectivity index (χ2v) is 11.3. The molecule has 12 heteroatoms. The summed E-state index contributed by atoms with van der Waals surface area (Å²) in [6.45, 7) is 4.34. The van der Waals surface area contributed by atoms with E-state index in [1.165, 1.54) is 13.8 Å². The molecule has 1 aromatic heterocycles. The first kappa shape index (κ1) is 31.8. The summed E-state index contributed by atoms with van der Waals surface area (Å²) in [6.07, 6.45) is -4.45. The fourth-order valence-electron chi connectivity index (χ4n) is 6.29. The normalized spacial score (nSPS) is 22.2. The molecular formula is C33H32N2O9S. The highest BCUT2D eigenvalue weighted by atomic mass is 32.1. The summed E-state index contributed by atoms with van der Waals surface area (Å²) in [7, 11) is 0. The zero-order chi connectivity index (χ0) is 32.4. The van der Waals surface area contributed by atoms with E-state index in [0.29, 0.717) is 12.8 Å². The fourth-order valence-corrected chi connectivity index (χ4v) is 6.65. The molecule has 5 rings (SSSR count). The Balaban J connectivity index is 1.76. The Morgan fingerprint density at radius 3 is 2.20 bits per heavy atom. The third kappa shape index (κ3) is 6.32. The van der Waals surface area contributed by atoms with E-state index in [0.717, 1.165) is 53.4 Å². The first-order valence-electron chi connectivity index (χ1n) is 14.5. The average molecular weight is 633 g/mol. The van der Waals surface area contributed by atoms with Crippen LogP contribution in [0, 0.1) is 16.0 Å². The molecule has 11 nitrogen and oxygen atoms in total. The SMILES string of the molecule is CC(=O)OC[C@H]1O[C@@H](n2c3c(c(-c4cccc5ccccc45)c(C#N)c2=S)CCC3)[C@H](OC(C)=O)[C@@H](OC(C)=O)[C@H]1OC(C)=O. The second-order valence-electron chi connectivity index (χ2n) is 10.9. The number of benzene rings is 2. The van der Waals surface area contributed by atoms with Crippen LogP contribution < -0.4 is 0 Å². The number of carbonyl (C=O) groups excluding carboxylic acids is 4. The Kier molecular flexibility index (Phi) is 9.32. The minimum atomic E-state index is -1.36. The lowest BCUT2D eigenvalue weighted by atomic mass is 9.90. The molecule has 0 spiro atoms. The van der Waals surface area contributed by atoms with Gasteiger partial charge in [0.25, 0.3) is 0 Å². The van der Waals surface area contributed by atoms with E-state index in [9.17, 15) is 24.4 Å². The predicted octanol–water partition coefficient (Wildman–Crippen LogP) is 4.65. The Bertz CT molecular complexity index is 1790. The van der Waals surface area contributed by atoms with Crippen LogP contribution >= 0.6 is 12.2 Å². The van der Waals surface area contributed by atoms with E-state index in [-0.39, 0.29) is 16.8 Å². The highest BCUT2D eigenvalue weighted by molar-refractivity contribution is 7.71. The summed E-state index contributed by atoms with van der Waals surface area (Å²) >= 11 is 6.00. The van der Waals surface area contributed by atoms with Crippen molar-refractivity contribution >= 4 is 46.9 Å². The van der Waals surface area contributed by atoms with E-state index >= 15 is 0 Å². The molecule has 2 heterocycles. The quantitative estimate of drug-likeness (QED) is 0.204. The fraction of sp³-hybridized carbons (Fsp3) is 0.394. The van der Waals surface area contributed by atoms with E-state index in [1.54, 1.807) is 4.57 Å². The number of carbonyl (C=O) groups is 4. The number of aromatic nitrogens is 1. The van der Waals surface area contributed by atoms with Crippen molar-refractivity contribution in [1.29, 1.82) is 5.26 Å². The maximum atomic E-state index is 12.5. The Morgan fingerprint density at radius 1 is 0.889 bits per heavy atom. The van der Waals surface area contributed by atoms with Gasteiger partial charge in [0, 0.05) is 39.0 Å². The number of nitrogens with zero attached hydrogens (tertiary/aromatic N) is 2. The highest BCUT2D eigenvalue weighted by Gasteiger charge is 2.53. The highest BCUT2D eigenvalue weighted by Crippen LogP contribution is 2.43. The summed E-state index contributed by atoms with van der Waals surface area (Å²) < 4.78 is 30.3. The monoisotopic (exact) mass is 632 g/mol. The van der Waals surface area contributed by atoms with Gasteiger partial charge in [-0.25, -0.2) is 0 Å². The van der Waals surface area contributed by atoms with Gasteiger partial charge in [0.05, 0.1) is 5.56 Å². The number of pyridine rings is 1. The van der Waals surface area contributed by atoms with Crippen LogP contribution in [0.15, 0.2) is 42.5 Å². The maximum absolute atomic E-state index is 12.5. The number of hydrogen-bond acceptors (Lipinski definition) is 11. The Hall–Kier alpha value is -4.60.